The number of piperidine rings is 1. The number of carbonyl (C=O) groups excluding carboxylic acids is 1. The van der Waals surface area contributed by atoms with E-state index in [0.717, 1.165) is 25.3 Å². The number of carbonyl (C=O) groups is 1. The van der Waals surface area contributed by atoms with Crippen molar-refractivity contribution in [1.82, 2.24) is 4.31 Å². The number of sulfonamides is 1. The maximum absolute atomic E-state index is 13.2. The van der Waals surface area contributed by atoms with E-state index < -0.39 is 20.9 Å². The summed E-state index contributed by atoms with van der Waals surface area (Å²) in [6.45, 7) is 2.87. The number of nitro groups is 1. The highest BCUT2D eigenvalue weighted by Gasteiger charge is 2.29. The van der Waals surface area contributed by atoms with E-state index >= 15 is 0 Å². The Morgan fingerprint density at radius 2 is 1.90 bits per heavy atom. The summed E-state index contributed by atoms with van der Waals surface area (Å²) < 4.78 is 33.3. The summed E-state index contributed by atoms with van der Waals surface area (Å²) >= 11 is 6.03. The minimum Gasteiger partial charge on any atom is -0.492 e. The topological polar surface area (TPSA) is 119 Å². The normalized spacial score (nSPS) is 14.8. The molecule has 0 aromatic heterocycles. The third kappa shape index (κ3) is 5.15. The van der Waals surface area contributed by atoms with Crippen LogP contribution in [0.1, 0.15) is 36.5 Å². The molecule has 3 rings (SSSR count). The summed E-state index contributed by atoms with van der Waals surface area (Å²) in [4.78, 5) is 23.0. The first-order valence-electron chi connectivity index (χ1n) is 9.76. The Morgan fingerprint density at radius 1 is 1.19 bits per heavy atom. The van der Waals surface area contributed by atoms with Crippen molar-refractivity contribution in [2.24, 2.45) is 0 Å². The number of anilines is 1. The van der Waals surface area contributed by atoms with Crippen LogP contribution in [-0.2, 0) is 10.0 Å². The molecule has 0 spiro atoms. The van der Waals surface area contributed by atoms with Crippen molar-refractivity contribution in [2.45, 2.75) is 31.1 Å². The van der Waals surface area contributed by atoms with E-state index in [0.29, 0.717) is 13.1 Å². The lowest BCUT2D eigenvalue weighted by molar-refractivity contribution is -0.384. The summed E-state index contributed by atoms with van der Waals surface area (Å²) in [6.07, 6.45) is 2.54. The van der Waals surface area contributed by atoms with Gasteiger partial charge in [0.25, 0.3) is 11.6 Å². The number of hydrogen-bond acceptors (Lipinski definition) is 6. The highest BCUT2D eigenvalue weighted by Crippen LogP contribution is 2.32. The van der Waals surface area contributed by atoms with Crippen molar-refractivity contribution >= 4 is 38.9 Å². The van der Waals surface area contributed by atoms with E-state index in [2.05, 4.69) is 5.32 Å². The molecular formula is C20H22ClN3O6S. The fourth-order valence-electron chi connectivity index (χ4n) is 3.31. The van der Waals surface area contributed by atoms with Crippen LogP contribution < -0.4 is 10.1 Å². The van der Waals surface area contributed by atoms with Crippen LogP contribution in [0.25, 0.3) is 0 Å². The van der Waals surface area contributed by atoms with Gasteiger partial charge in [-0.1, -0.05) is 18.0 Å². The summed E-state index contributed by atoms with van der Waals surface area (Å²) in [5, 5.41) is 13.6. The number of ether oxygens (including phenoxy) is 1. The molecule has 1 amide bonds. The Morgan fingerprint density at radius 3 is 2.55 bits per heavy atom. The third-order valence-corrected chi connectivity index (χ3v) is 7.09. The van der Waals surface area contributed by atoms with Crippen molar-refractivity contribution in [1.29, 1.82) is 0 Å². The predicted molar refractivity (Wildman–Crippen MR) is 116 cm³/mol. The zero-order valence-corrected chi connectivity index (χ0v) is 18.4. The summed E-state index contributed by atoms with van der Waals surface area (Å²) in [7, 11) is -3.82. The number of nitrogens with zero attached hydrogens (tertiary/aromatic N) is 2. The number of benzene rings is 2. The number of non-ortho nitro benzene ring substituents is 1. The van der Waals surface area contributed by atoms with E-state index in [1.807, 2.05) is 0 Å². The molecule has 1 aliphatic rings. The molecule has 1 fully saturated rings. The monoisotopic (exact) mass is 467 g/mol. The SMILES string of the molecule is CCOc1ccc(NC(=O)c2cc([N+](=O)[O-])ccc2Cl)cc1S(=O)(=O)N1CCCCC1. The van der Waals surface area contributed by atoms with Gasteiger partial charge in [0.05, 0.1) is 22.1 Å². The number of hydrogen-bond donors (Lipinski definition) is 1. The average Bonchev–Trinajstić information content (AvgIpc) is 2.75. The largest absolute Gasteiger partial charge is 0.492 e. The number of nitro benzene ring substituents is 1. The molecule has 0 unspecified atom stereocenters. The molecule has 31 heavy (non-hydrogen) atoms. The van der Waals surface area contributed by atoms with E-state index in [1.165, 1.54) is 34.6 Å². The Labute approximate surface area is 185 Å². The van der Waals surface area contributed by atoms with Crippen LogP contribution in [0.2, 0.25) is 5.02 Å². The quantitative estimate of drug-likeness (QED) is 0.484. The smallest absolute Gasteiger partial charge is 0.270 e. The van der Waals surface area contributed by atoms with Gasteiger partial charge in [0.2, 0.25) is 10.0 Å². The Bertz CT molecular complexity index is 1100. The second-order valence-electron chi connectivity index (χ2n) is 6.93. The third-order valence-electron chi connectivity index (χ3n) is 4.84. The van der Waals surface area contributed by atoms with Crippen LogP contribution in [0.5, 0.6) is 5.75 Å². The molecule has 11 heteroatoms. The van der Waals surface area contributed by atoms with Crippen molar-refractivity contribution in [3.05, 3.63) is 57.1 Å². The second kappa shape index (κ2) is 9.63. The van der Waals surface area contributed by atoms with Crippen LogP contribution in [0, 0.1) is 10.1 Å². The molecule has 0 bridgehead atoms. The lowest BCUT2D eigenvalue weighted by atomic mass is 10.2. The first-order chi connectivity index (χ1) is 14.7. The molecule has 2 aromatic carbocycles. The average molecular weight is 468 g/mol. The van der Waals surface area contributed by atoms with Gasteiger partial charge >= 0.3 is 0 Å². The van der Waals surface area contributed by atoms with Gasteiger partial charge in [0.1, 0.15) is 10.6 Å². The van der Waals surface area contributed by atoms with Crippen LogP contribution in [-0.4, -0.2) is 43.2 Å². The van der Waals surface area contributed by atoms with Gasteiger partial charge in [-0.15, -0.1) is 0 Å². The van der Waals surface area contributed by atoms with Crippen LogP contribution in [0.3, 0.4) is 0 Å². The second-order valence-corrected chi connectivity index (χ2v) is 9.25. The van der Waals surface area contributed by atoms with Crippen molar-refractivity contribution in [3.63, 3.8) is 0 Å². The Hall–Kier alpha value is -2.69. The first-order valence-corrected chi connectivity index (χ1v) is 11.6. The number of amides is 1. The lowest BCUT2D eigenvalue weighted by Gasteiger charge is -2.27. The Balaban J connectivity index is 1.94. The zero-order chi connectivity index (χ0) is 22.6. The summed E-state index contributed by atoms with van der Waals surface area (Å²) in [6, 6.07) is 7.84. The van der Waals surface area contributed by atoms with E-state index in [4.69, 9.17) is 16.3 Å². The fourth-order valence-corrected chi connectivity index (χ4v) is 5.18. The van der Waals surface area contributed by atoms with Gasteiger partial charge < -0.3 is 10.1 Å². The molecule has 0 radical (unpaired) electrons. The molecule has 2 aromatic rings. The highest BCUT2D eigenvalue weighted by atomic mass is 35.5. The molecule has 1 saturated heterocycles. The molecule has 1 N–H and O–H groups in total. The van der Waals surface area contributed by atoms with Gasteiger partial charge in [0, 0.05) is 30.9 Å². The molecule has 1 aliphatic heterocycles. The minimum absolute atomic E-state index is 0.0372. The van der Waals surface area contributed by atoms with Crippen LogP contribution in [0.15, 0.2) is 41.3 Å². The van der Waals surface area contributed by atoms with Gasteiger partial charge in [-0.2, -0.15) is 4.31 Å². The van der Waals surface area contributed by atoms with E-state index in [-0.39, 0.29) is 39.2 Å². The van der Waals surface area contributed by atoms with Crippen molar-refractivity contribution in [3.8, 4) is 5.75 Å². The molecule has 0 saturated carbocycles. The van der Waals surface area contributed by atoms with E-state index in [9.17, 15) is 23.3 Å². The summed E-state index contributed by atoms with van der Waals surface area (Å²) in [5.74, 6) is -0.501. The molecule has 0 atom stereocenters. The maximum atomic E-state index is 13.2. The van der Waals surface area contributed by atoms with Gasteiger partial charge in [-0.3, -0.25) is 14.9 Å². The van der Waals surface area contributed by atoms with Crippen LogP contribution in [0.4, 0.5) is 11.4 Å². The highest BCUT2D eigenvalue weighted by molar-refractivity contribution is 7.89. The minimum atomic E-state index is -3.82. The Kier molecular flexibility index (Phi) is 7.14. The number of halogens is 1. The molecule has 9 nitrogen and oxygen atoms in total. The first kappa shape index (κ1) is 23.0. The zero-order valence-electron chi connectivity index (χ0n) is 16.8. The van der Waals surface area contributed by atoms with Crippen LogP contribution >= 0.6 is 11.6 Å². The van der Waals surface area contributed by atoms with Crippen molar-refractivity contribution in [2.75, 3.05) is 25.0 Å². The molecule has 1 heterocycles. The number of nitrogens with one attached hydrogen (secondary N) is 1. The van der Waals surface area contributed by atoms with Gasteiger partial charge in [-0.05, 0) is 44.0 Å². The molecule has 0 aliphatic carbocycles. The molecule has 166 valence electrons. The predicted octanol–water partition coefficient (Wildman–Crippen LogP) is 4.07. The van der Waals surface area contributed by atoms with Crippen molar-refractivity contribution < 1.29 is 22.9 Å². The standard InChI is InChI=1S/C20H22ClN3O6S/c1-2-30-18-9-6-14(12-19(18)31(28,29)23-10-4-3-5-11-23)22-20(25)16-13-15(24(26)27)7-8-17(16)21/h6-9,12-13H,2-5,10-11H2,1H3,(H,22,25). The fraction of sp³-hybridized carbons (Fsp3) is 0.350. The lowest BCUT2D eigenvalue weighted by Crippen LogP contribution is -2.35. The number of rotatable bonds is 7. The van der Waals surface area contributed by atoms with Gasteiger partial charge in [-0.25, -0.2) is 8.42 Å². The maximum Gasteiger partial charge on any atom is 0.270 e. The van der Waals surface area contributed by atoms with E-state index in [1.54, 1.807) is 6.92 Å². The van der Waals surface area contributed by atoms with Gasteiger partial charge in [0.15, 0.2) is 0 Å². The summed E-state index contributed by atoms with van der Waals surface area (Å²) in [5.41, 5.74) is -0.175. The molecular weight excluding hydrogens is 446 g/mol.